The number of benzene rings is 2. The van der Waals surface area contributed by atoms with E-state index < -0.39 is 0 Å². The summed E-state index contributed by atoms with van der Waals surface area (Å²) < 4.78 is 0.473. The molecule has 0 aliphatic carbocycles. The van der Waals surface area contributed by atoms with Crippen LogP contribution in [0, 0.1) is 13.8 Å². The van der Waals surface area contributed by atoms with Crippen LogP contribution in [0.3, 0.4) is 0 Å². The fourth-order valence-electron chi connectivity index (χ4n) is 4.63. The molecule has 2 amide bonds. The van der Waals surface area contributed by atoms with E-state index in [1.54, 1.807) is 7.05 Å². The average molecular weight is 395 g/mol. The minimum absolute atomic E-state index is 0.0206. The average Bonchev–Trinajstić information content (AvgIpc) is 2.71. The van der Waals surface area contributed by atoms with Gasteiger partial charge in [-0.25, -0.2) is 0 Å². The summed E-state index contributed by atoms with van der Waals surface area (Å²) in [4.78, 5) is 25.6. The zero-order valence-electron chi connectivity index (χ0n) is 17.7. The molecule has 2 aromatic rings. The van der Waals surface area contributed by atoms with E-state index in [4.69, 9.17) is 0 Å². The first kappa shape index (κ1) is 21.1. The molecule has 154 valence electrons. The maximum atomic E-state index is 13.2. The summed E-state index contributed by atoms with van der Waals surface area (Å²) in [5.74, 6) is -0.0539. The first-order chi connectivity index (χ1) is 13.9. The van der Waals surface area contributed by atoms with Crippen molar-refractivity contribution in [1.29, 1.82) is 0 Å². The lowest BCUT2D eigenvalue weighted by Crippen LogP contribution is -2.60. The molecule has 3 rings (SSSR count). The molecular formula is C24H32N3O2+. The Morgan fingerprint density at radius 3 is 2.24 bits per heavy atom. The Balaban J connectivity index is 1.91. The van der Waals surface area contributed by atoms with Crippen molar-refractivity contribution in [3.05, 3.63) is 65.2 Å². The predicted molar refractivity (Wildman–Crippen MR) is 117 cm³/mol. The number of aryl methyl sites for hydroxylation is 2. The molecular weight excluding hydrogens is 362 g/mol. The van der Waals surface area contributed by atoms with Crippen LogP contribution in [0.4, 0.5) is 5.69 Å². The van der Waals surface area contributed by atoms with Gasteiger partial charge in [-0.1, -0.05) is 48.5 Å². The molecule has 0 bridgehead atoms. The van der Waals surface area contributed by atoms with Crippen molar-refractivity contribution in [3.63, 3.8) is 0 Å². The molecule has 0 saturated carbocycles. The Bertz CT molecular complexity index is 845. The van der Waals surface area contributed by atoms with Gasteiger partial charge in [-0.15, -0.1) is 0 Å². The van der Waals surface area contributed by atoms with Crippen LogP contribution in [-0.4, -0.2) is 43.0 Å². The van der Waals surface area contributed by atoms with Gasteiger partial charge in [-0.2, -0.15) is 0 Å². The van der Waals surface area contributed by atoms with Crippen LogP contribution in [0.2, 0.25) is 0 Å². The summed E-state index contributed by atoms with van der Waals surface area (Å²) in [5.41, 5.74) is 4.18. The number of para-hydroxylation sites is 1. The Labute approximate surface area is 173 Å². The maximum absolute atomic E-state index is 13.2. The fraction of sp³-hybridized carbons (Fsp3) is 0.417. The Morgan fingerprint density at radius 2 is 1.59 bits per heavy atom. The molecule has 1 aliphatic rings. The summed E-state index contributed by atoms with van der Waals surface area (Å²) in [7, 11) is 1.66. The van der Waals surface area contributed by atoms with Crippen LogP contribution in [-0.2, 0) is 9.59 Å². The highest BCUT2D eigenvalue weighted by Gasteiger charge is 2.43. The lowest BCUT2D eigenvalue weighted by Gasteiger charge is -2.47. The number of piperidine rings is 1. The van der Waals surface area contributed by atoms with E-state index in [-0.39, 0.29) is 17.9 Å². The zero-order valence-corrected chi connectivity index (χ0v) is 17.7. The lowest BCUT2D eigenvalue weighted by atomic mass is 9.91. The smallest absolute Gasteiger partial charge is 0.279 e. The number of carbonyl (C=O) groups is 2. The van der Waals surface area contributed by atoms with E-state index in [1.165, 1.54) is 5.56 Å². The summed E-state index contributed by atoms with van der Waals surface area (Å²) in [6.45, 7) is 5.44. The second-order valence-electron chi connectivity index (χ2n) is 8.17. The number of amides is 2. The largest absolute Gasteiger partial charge is 0.354 e. The van der Waals surface area contributed by atoms with E-state index in [0.29, 0.717) is 17.6 Å². The molecule has 2 unspecified atom stereocenters. The molecule has 0 radical (unpaired) electrons. The molecule has 0 spiro atoms. The third-order valence-electron chi connectivity index (χ3n) is 6.12. The van der Waals surface area contributed by atoms with Gasteiger partial charge < -0.3 is 15.1 Å². The number of likely N-dealkylation sites (tertiary alicyclic amines) is 1. The lowest BCUT2D eigenvalue weighted by molar-refractivity contribution is -0.947. The predicted octanol–water partition coefficient (Wildman–Crippen LogP) is 3.73. The maximum Gasteiger partial charge on any atom is 0.279 e. The van der Waals surface area contributed by atoms with Crippen molar-refractivity contribution in [2.24, 2.45) is 0 Å². The van der Waals surface area contributed by atoms with Crippen molar-refractivity contribution in [1.82, 2.24) is 5.32 Å². The second kappa shape index (κ2) is 9.23. The number of quaternary nitrogens is 1. The summed E-state index contributed by atoms with van der Waals surface area (Å²) in [5, 5.41) is 5.89. The first-order valence-corrected chi connectivity index (χ1v) is 10.4. The van der Waals surface area contributed by atoms with Crippen LogP contribution >= 0.6 is 0 Å². The standard InChI is InChI=1S/C24H31N3O2/c1-18-10-9-11-19(2)24(18)26-23(29)17-27(16-22(28)25-3)15-8-7-14-21(27)20-12-5-4-6-13-20/h4-6,9-13,21H,7-8,14-17H2,1-3H3,(H-,25,26,28,29)/p+1. The highest BCUT2D eigenvalue weighted by molar-refractivity contribution is 5.93. The summed E-state index contributed by atoms with van der Waals surface area (Å²) in [6.07, 6.45) is 3.13. The second-order valence-corrected chi connectivity index (χ2v) is 8.17. The number of rotatable bonds is 6. The molecule has 1 fully saturated rings. The molecule has 2 atom stereocenters. The number of nitrogens with zero attached hydrogens (tertiary/aromatic N) is 1. The van der Waals surface area contributed by atoms with Crippen molar-refractivity contribution in [3.8, 4) is 0 Å². The molecule has 5 nitrogen and oxygen atoms in total. The summed E-state index contributed by atoms with van der Waals surface area (Å²) >= 11 is 0. The molecule has 1 aliphatic heterocycles. The van der Waals surface area contributed by atoms with Gasteiger partial charge in [0, 0.05) is 24.7 Å². The first-order valence-electron chi connectivity index (χ1n) is 10.4. The van der Waals surface area contributed by atoms with Crippen molar-refractivity contribution in [2.45, 2.75) is 39.2 Å². The van der Waals surface area contributed by atoms with Crippen molar-refractivity contribution in [2.75, 3.05) is 32.0 Å². The Kier molecular flexibility index (Phi) is 6.70. The number of hydrogen-bond donors (Lipinski definition) is 2. The van der Waals surface area contributed by atoms with Gasteiger partial charge in [0.2, 0.25) is 0 Å². The highest BCUT2D eigenvalue weighted by Crippen LogP contribution is 2.38. The Hall–Kier alpha value is -2.66. The van der Waals surface area contributed by atoms with Gasteiger partial charge in [-0.3, -0.25) is 9.59 Å². The van der Waals surface area contributed by atoms with Gasteiger partial charge in [0.15, 0.2) is 13.1 Å². The Morgan fingerprint density at radius 1 is 0.931 bits per heavy atom. The van der Waals surface area contributed by atoms with Gasteiger partial charge in [0.05, 0.1) is 6.54 Å². The minimum Gasteiger partial charge on any atom is -0.354 e. The number of nitrogens with one attached hydrogen (secondary N) is 2. The summed E-state index contributed by atoms with van der Waals surface area (Å²) in [6, 6.07) is 16.5. The van der Waals surface area contributed by atoms with E-state index in [1.807, 2.05) is 50.2 Å². The zero-order chi connectivity index (χ0) is 20.9. The van der Waals surface area contributed by atoms with Crippen LogP contribution in [0.15, 0.2) is 48.5 Å². The quantitative estimate of drug-likeness (QED) is 0.734. The number of anilines is 1. The van der Waals surface area contributed by atoms with E-state index in [2.05, 4.69) is 22.8 Å². The number of hydrogen-bond acceptors (Lipinski definition) is 2. The minimum atomic E-state index is -0.0332. The topological polar surface area (TPSA) is 58.2 Å². The van der Waals surface area contributed by atoms with Gasteiger partial charge in [0.25, 0.3) is 11.8 Å². The highest BCUT2D eigenvalue weighted by atomic mass is 16.2. The molecule has 1 heterocycles. The molecule has 2 N–H and O–H groups in total. The van der Waals surface area contributed by atoms with Crippen molar-refractivity contribution >= 4 is 17.5 Å². The molecule has 1 saturated heterocycles. The van der Waals surface area contributed by atoms with Crippen LogP contribution < -0.4 is 10.6 Å². The van der Waals surface area contributed by atoms with Crippen LogP contribution in [0.25, 0.3) is 0 Å². The van der Waals surface area contributed by atoms with Gasteiger partial charge >= 0.3 is 0 Å². The van der Waals surface area contributed by atoms with Gasteiger partial charge in [-0.05, 0) is 37.8 Å². The van der Waals surface area contributed by atoms with E-state index in [9.17, 15) is 9.59 Å². The monoisotopic (exact) mass is 394 g/mol. The van der Waals surface area contributed by atoms with E-state index in [0.717, 1.165) is 42.6 Å². The molecule has 5 heteroatoms. The molecule has 0 aromatic heterocycles. The fourth-order valence-corrected chi connectivity index (χ4v) is 4.63. The third kappa shape index (κ3) is 4.85. The SMILES string of the molecule is CNC(=O)C[N+]1(CC(=O)Nc2c(C)cccc2C)CCCCC1c1ccccc1. The van der Waals surface area contributed by atoms with Crippen LogP contribution in [0.5, 0.6) is 0 Å². The van der Waals surface area contributed by atoms with E-state index >= 15 is 0 Å². The number of likely N-dealkylation sites (N-methyl/N-ethyl adjacent to an activating group) is 1. The number of carbonyl (C=O) groups excluding carboxylic acids is 2. The molecule has 29 heavy (non-hydrogen) atoms. The van der Waals surface area contributed by atoms with Crippen molar-refractivity contribution < 1.29 is 14.1 Å². The van der Waals surface area contributed by atoms with Gasteiger partial charge in [0.1, 0.15) is 6.04 Å². The molecule has 2 aromatic carbocycles. The normalized spacial score (nSPS) is 21.4. The van der Waals surface area contributed by atoms with Crippen LogP contribution in [0.1, 0.15) is 42.0 Å². The third-order valence-corrected chi connectivity index (χ3v) is 6.12.